The van der Waals surface area contributed by atoms with Crippen LogP contribution in [0.1, 0.15) is 59.3 Å². The Bertz CT molecular complexity index is 525. The van der Waals surface area contributed by atoms with E-state index in [9.17, 15) is 14.4 Å². The average Bonchev–Trinajstić information content (AvgIpc) is 3.09. The van der Waals surface area contributed by atoms with E-state index in [-0.39, 0.29) is 23.8 Å². The zero-order valence-corrected chi connectivity index (χ0v) is 14.1. The Morgan fingerprint density at radius 2 is 1.96 bits per heavy atom. The first-order valence-corrected chi connectivity index (χ1v) is 8.60. The number of piperidine rings is 1. The van der Waals surface area contributed by atoms with Gasteiger partial charge in [-0.1, -0.05) is 6.42 Å². The van der Waals surface area contributed by atoms with Crippen molar-refractivity contribution in [2.45, 2.75) is 83.0 Å². The zero-order valence-electron chi connectivity index (χ0n) is 14.1. The van der Waals surface area contributed by atoms with Crippen LogP contribution in [0.25, 0.3) is 0 Å². The summed E-state index contributed by atoms with van der Waals surface area (Å²) in [6.45, 7) is 5.46. The predicted molar refractivity (Wildman–Crippen MR) is 83.8 cm³/mol. The van der Waals surface area contributed by atoms with E-state index in [1.807, 2.05) is 20.8 Å². The molecule has 1 aliphatic heterocycles. The third kappa shape index (κ3) is 3.51. The van der Waals surface area contributed by atoms with Gasteiger partial charge in [-0.15, -0.1) is 0 Å². The van der Waals surface area contributed by atoms with E-state index in [0.29, 0.717) is 25.2 Å². The third-order valence-corrected chi connectivity index (χ3v) is 4.88. The van der Waals surface area contributed by atoms with Crippen molar-refractivity contribution in [1.29, 1.82) is 0 Å². The molecule has 0 bridgehead atoms. The van der Waals surface area contributed by atoms with Gasteiger partial charge < -0.3 is 10.1 Å². The van der Waals surface area contributed by atoms with Gasteiger partial charge in [-0.05, 0) is 52.4 Å². The van der Waals surface area contributed by atoms with Gasteiger partial charge >= 0.3 is 6.09 Å². The highest BCUT2D eigenvalue weighted by Crippen LogP contribution is 2.48. The maximum Gasteiger partial charge on any atom is 0.411 e. The standard InChI is InChI=1S/C17H26N2O4/c1-17(2,3)23-16(22)19-12-8-10(12)9-13(19)15(21)18-11-6-4-5-7-14(11)20/h10-13H,4-9H2,1-3H3,(H,18,21)/t10-,11?,12-,13+/m1/s1. The van der Waals surface area contributed by atoms with Crippen LogP contribution >= 0.6 is 0 Å². The summed E-state index contributed by atoms with van der Waals surface area (Å²) in [6, 6.07) is -0.750. The fourth-order valence-electron chi connectivity index (χ4n) is 3.67. The number of hydrogen-bond acceptors (Lipinski definition) is 4. The van der Waals surface area contributed by atoms with Gasteiger partial charge in [0, 0.05) is 12.5 Å². The quantitative estimate of drug-likeness (QED) is 0.844. The van der Waals surface area contributed by atoms with Gasteiger partial charge in [0.2, 0.25) is 5.91 Å². The highest BCUT2D eigenvalue weighted by Gasteiger charge is 2.57. The summed E-state index contributed by atoms with van der Waals surface area (Å²) in [5, 5.41) is 2.86. The highest BCUT2D eigenvalue weighted by molar-refractivity contribution is 5.93. The molecule has 128 valence electrons. The zero-order chi connectivity index (χ0) is 16.8. The molecule has 1 N–H and O–H groups in total. The van der Waals surface area contributed by atoms with E-state index in [2.05, 4.69) is 5.32 Å². The first kappa shape index (κ1) is 16.3. The molecular formula is C17H26N2O4. The van der Waals surface area contributed by atoms with Crippen LogP contribution in [0.5, 0.6) is 0 Å². The molecule has 1 saturated heterocycles. The normalized spacial score (nSPS) is 33.2. The van der Waals surface area contributed by atoms with Crippen LogP contribution in [0.15, 0.2) is 0 Å². The number of likely N-dealkylation sites (tertiary alicyclic amines) is 1. The van der Waals surface area contributed by atoms with Gasteiger partial charge in [0.05, 0.1) is 6.04 Å². The van der Waals surface area contributed by atoms with Crippen molar-refractivity contribution in [2.24, 2.45) is 5.92 Å². The molecule has 1 heterocycles. The first-order chi connectivity index (χ1) is 10.8. The molecule has 0 aromatic rings. The second-order valence-electron chi connectivity index (χ2n) is 7.98. The maximum absolute atomic E-state index is 12.6. The number of nitrogens with zero attached hydrogens (tertiary/aromatic N) is 1. The fourth-order valence-corrected chi connectivity index (χ4v) is 3.67. The lowest BCUT2D eigenvalue weighted by Gasteiger charge is -2.31. The maximum atomic E-state index is 12.6. The molecular weight excluding hydrogens is 296 g/mol. The number of carbonyl (C=O) groups is 3. The van der Waals surface area contributed by atoms with Crippen molar-refractivity contribution in [3.8, 4) is 0 Å². The first-order valence-electron chi connectivity index (χ1n) is 8.60. The Kier molecular flexibility index (Phi) is 4.10. The summed E-state index contributed by atoms with van der Waals surface area (Å²) in [7, 11) is 0. The molecule has 2 aliphatic carbocycles. The van der Waals surface area contributed by atoms with Gasteiger partial charge in [0.15, 0.2) is 5.78 Å². The van der Waals surface area contributed by atoms with Crippen molar-refractivity contribution in [3.05, 3.63) is 0 Å². The van der Waals surface area contributed by atoms with Gasteiger partial charge in [0.25, 0.3) is 0 Å². The molecule has 0 aromatic carbocycles. The number of rotatable bonds is 2. The predicted octanol–water partition coefficient (Wildman–Crippen LogP) is 2.01. The number of ketones is 1. The number of Topliss-reactive ketones (excluding diaryl/α,β-unsaturated/α-hetero) is 1. The SMILES string of the molecule is CC(C)(C)OC(=O)N1[C@@H]2C[C@@H]2C[C@H]1C(=O)NC1CCCCC1=O. The molecule has 2 saturated carbocycles. The number of nitrogens with one attached hydrogen (secondary N) is 1. The molecule has 0 radical (unpaired) electrons. The minimum absolute atomic E-state index is 0.108. The monoisotopic (exact) mass is 322 g/mol. The smallest absolute Gasteiger partial charge is 0.411 e. The van der Waals surface area contributed by atoms with Gasteiger partial charge in [-0.2, -0.15) is 0 Å². The molecule has 6 heteroatoms. The molecule has 0 aromatic heterocycles. The van der Waals surface area contributed by atoms with Crippen LogP contribution in [-0.4, -0.2) is 46.4 Å². The van der Waals surface area contributed by atoms with Crippen LogP contribution in [0.3, 0.4) is 0 Å². The Hall–Kier alpha value is -1.59. The molecule has 1 unspecified atom stereocenters. The number of amides is 2. The summed E-state index contributed by atoms with van der Waals surface area (Å²) in [4.78, 5) is 38.5. The lowest BCUT2D eigenvalue weighted by atomic mass is 9.94. The molecule has 3 aliphatic rings. The van der Waals surface area contributed by atoms with Crippen LogP contribution in [0.2, 0.25) is 0 Å². The number of ether oxygens (including phenoxy) is 1. The van der Waals surface area contributed by atoms with Crippen LogP contribution in [-0.2, 0) is 14.3 Å². The number of fused-ring (bicyclic) bond motifs is 1. The molecule has 6 nitrogen and oxygen atoms in total. The summed E-state index contributed by atoms with van der Waals surface area (Å²) in [5.41, 5.74) is -0.579. The lowest BCUT2D eigenvalue weighted by molar-refractivity contribution is -0.131. The Balaban J connectivity index is 1.65. The number of hydrogen-bond donors (Lipinski definition) is 1. The average molecular weight is 322 g/mol. The van der Waals surface area contributed by atoms with Gasteiger partial charge in [-0.25, -0.2) is 4.79 Å². The molecule has 4 atom stereocenters. The molecule has 2 amide bonds. The van der Waals surface area contributed by atoms with E-state index in [4.69, 9.17) is 4.74 Å². The molecule has 3 fully saturated rings. The molecule has 23 heavy (non-hydrogen) atoms. The summed E-state index contributed by atoms with van der Waals surface area (Å²) < 4.78 is 5.45. The highest BCUT2D eigenvalue weighted by atomic mass is 16.6. The van der Waals surface area contributed by atoms with Crippen molar-refractivity contribution >= 4 is 17.8 Å². The second-order valence-corrected chi connectivity index (χ2v) is 7.98. The van der Waals surface area contributed by atoms with E-state index in [0.717, 1.165) is 19.3 Å². The van der Waals surface area contributed by atoms with Gasteiger partial charge in [-0.3, -0.25) is 14.5 Å². The fraction of sp³-hybridized carbons (Fsp3) is 0.824. The molecule has 0 spiro atoms. The Morgan fingerprint density at radius 1 is 1.22 bits per heavy atom. The molecule has 3 rings (SSSR count). The second kappa shape index (κ2) is 5.80. The van der Waals surface area contributed by atoms with Crippen molar-refractivity contribution in [3.63, 3.8) is 0 Å². The van der Waals surface area contributed by atoms with E-state index in [1.54, 1.807) is 4.90 Å². The topological polar surface area (TPSA) is 75.7 Å². The van der Waals surface area contributed by atoms with E-state index < -0.39 is 17.7 Å². The minimum Gasteiger partial charge on any atom is -0.444 e. The van der Waals surface area contributed by atoms with Gasteiger partial charge in [0.1, 0.15) is 11.6 Å². The van der Waals surface area contributed by atoms with Crippen LogP contribution < -0.4 is 5.32 Å². The van der Waals surface area contributed by atoms with Crippen molar-refractivity contribution < 1.29 is 19.1 Å². The minimum atomic E-state index is -0.579. The largest absolute Gasteiger partial charge is 0.444 e. The van der Waals surface area contributed by atoms with Crippen LogP contribution in [0, 0.1) is 5.92 Å². The van der Waals surface area contributed by atoms with Crippen molar-refractivity contribution in [1.82, 2.24) is 10.2 Å². The Morgan fingerprint density at radius 3 is 2.61 bits per heavy atom. The summed E-state index contributed by atoms with van der Waals surface area (Å²) in [6.07, 6.45) is 4.32. The third-order valence-electron chi connectivity index (χ3n) is 4.88. The van der Waals surface area contributed by atoms with E-state index in [1.165, 1.54) is 0 Å². The van der Waals surface area contributed by atoms with E-state index >= 15 is 0 Å². The lowest BCUT2D eigenvalue weighted by Crippen LogP contribution is -2.53. The van der Waals surface area contributed by atoms with Crippen molar-refractivity contribution in [2.75, 3.05) is 0 Å². The number of carbonyl (C=O) groups excluding carboxylic acids is 3. The van der Waals surface area contributed by atoms with Crippen LogP contribution in [0.4, 0.5) is 4.79 Å². The summed E-state index contributed by atoms with van der Waals surface area (Å²) in [5.74, 6) is 0.306. The Labute approximate surface area is 136 Å². The summed E-state index contributed by atoms with van der Waals surface area (Å²) >= 11 is 0.